The fraction of sp³-hybridized carbons (Fsp3) is 0.538. The highest BCUT2D eigenvalue weighted by molar-refractivity contribution is 5.51. The molecule has 0 saturated heterocycles. The van der Waals surface area contributed by atoms with Crippen molar-refractivity contribution in [2.45, 2.75) is 33.3 Å². The highest BCUT2D eigenvalue weighted by Crippen LogP contribution is 2.16. The minimum absolute atomic E-state index is 0.00216. The third kappa shape index (κ3) is 4.59. The van der Waals surface area contributed by atoms with Gasteiger partial charge < -0.3 is 15.4 Å². The van der Waals surface area contributed by atoms with Crippen LogP contribution in [0.4, 0.5) is 17.6 Å². The number of rotatable bonds is 7. The first kappa shape index (κ1) is 15.0. The van der Waals surface area contributed by atoms with Gasteiger partial charge in [-0.15, -0.1) is 0 Å². The summed E-state index contributed by atoms with van der Waals surface area (Å²) in [5.41, 5.74) is 0.806. The van der Waals surface area contributed by atoms with Crippen molar-refractivity contribution in [3.8, 4) is 6.01 Å². The molecule has 0 atom stereocenters. The SMILES string of the molecule is CCCNc1nc(Nc2cnn(C)c2)nc(OC(C)C)n1. The Labute approximate surface area is 124 Å². The van der Waals surface area contributed by atoms with Gasteiger partial charge >= 0.3 is 6.01 Å². The largest absolute Gasteiger partial charge is 0.461 e. The van der Waals surface area contributed by atoms with Crippen LogP contribution in [0, 0.1) is 0 Å². The van der Waals surface area contributed by atoms with E-state index in [1.165, 1.54) is 0 Å². The van der Waals surface area contributed by atoms with Gasteiger partial charge in [0.25, 0.3) is 0 Å². The molecular weight excluding hydrogens is 270 g/mol. The van der Waals surface area contributed by atoms with Gasteiger partial charge in [-0.3, -0.25) is 4.68 Å². The quantitative estimate of drug-likeness (QED) is 0.805. The molecule has 0 unspecified atom stereocenters. The van der Waals surface area contributed by atoms with Crippen LogP contribution in [-0.2, 0) is 7.05 Å². The molecule has 0 spiro atoms. The summed E-state index contributed by atoms with van der Waals surface area (Å²) in [5, 5.41) is 10.3. The van der Waals surface area contributed by atoms with Crippen LogP contribution in [0.5, 0.6) is 6.01 Å². The van der Waals surface area contributed by atoms with E-state index in [9.17, 15) is 0 Å². The van der Waals surface area contributed by atoms with Gasteiger partial charge in [-0.05, 0) is 20.3 Å². The van der Waals surface area contributed by atoms with E-state index in [4.69, 9.17) is 4.74 Å². The number of aromatic nitrogens is 5. The van der Waals surface area contributed by atoms with Gasteiger partial charge in [0.1, 0.15) is 0 Å². The van der Waals surface area contributed by atoms with Gasteiger partial charge in [-0.2, -0.15) is 20.1 Å². The van der Waals surface area contributed by atoms with Crippen LogP contribution < -0.4 is 15.4 Å². The van der Waals surface area contributed by atoms with Crippen LogP contribution in [0.15, 0.2) is 12.4 Å². The van der Waals surface area contributed by atoms with Gasteiger partial charge in [-0.1, -0.05) is 6.92 Å². The molecule has 21 heavy (non-hydrogen) atoms. The molecule has 0 aromatic carbocycles. The standard InChI is InChI=1S/C13H21N7O/c1-5-6-14-11-17-12(16-10-7-15-20(4)8-10)19-13(18-11)21-9(2)3/h7-9H,5-6H2,1-4H3,(H2,14,16,17,18,19). The molecule has 0 saturated carbocycles. The first-order chi connectivity index (χ1) is 10.1. The van der Waals surface area contributed by atoms with Crippen molar-refractivity contribution in [1.82, 2.24) is 24.7 Å². The Hall–Kier alpha value is -2.38. The average Bonchev–Trinajstić information content (AvgIpc) is 2.80. The summed E-state index contributed by atoms with van der Waals surface area (Å²) in [6.07, 6.45) is 4.52. The zero-order chi connectivity index (χ0) is 15.2. The number of nitrogens with zero attached hydrogens (tertiary/aromatic N) is 5. The summed E-state index contributed by atoms with van der Waals surface area (Å²) < 4.78 is 7.26. The maximum atomic E-state index is 5.56. The summed E-state index contributed by atoms with van der Waals surface area (Å²) in [7, 11) is 1.85. The van der Waals surface area contributed by atoms with Crippen molar-refractivity contribution in [1.29, 1.82) is 0 Å². The number of nitrogens with one attached hydrogen (secondary N) is 2. The highest BCUT2D eigenvalue weighted by atomic mass is 16.5. The van der Waals surface area contributed by atoms with E-state index in [1.54, 1.807) is 10.9 Å². The van der Waals surface area contributed by atoms with Gasteiger partial charge in [-0.25, -0.2) is 0 Å². The number of ether oxygens (including phenoxy) is 1. The summed E-state index contributed by atoms with van der Waals surface area (Å²) in [4.78, 5) is 12.8. The Balaban J connectivity index is 2.21. The van der Waals surface area contributed by atoms with E-state index >= 15 is 0 Å². The highest BCUT2D eigenvalue weighted by Gasteiger charge is 2.09. The predicted octanol–water partition coefficient (Wildman–Crippen LogP) is 1.96. The maximum Gasteiger partial charge on any atom is 0.323 e. The summed E-state index contributed by atoms with van der Waals surface area (Å²) in [6, 6.07) is 0.296. The minimum Gasteiger partial charge on any atom is -0.461 e. The Kier molecular flexibility index (Phi) is 4.91. The minimum atomic E-state index is -0.00216. The number of aryl methyl sites for hydroxylation is 1. The monoisotopic (exact) mass is 291 g/mol. The lowest BCUT2D eigenvalue weighted by Gasteiger charge is -2.11. The average molecular weight is 291 g/mol. The fourth-order valence-corrected chi connectivity index (χ4v) is 1.61. The normalized spacial score (nSPS) is 10.7. The van der Waals surface area contributed by atoms with Crippen molar-refractivity contribution in [2.24, 2.45) is 7.05 Å². The summed E-state index contributed by atoms with van der Waals surface area (Å²) in [6.45, 7) is 6.72. The maximum absolute atomic E-state index is 5.56. The molecule has 0 aliphatic rings. The second-order valence-electron chi connectivity index (χ2n) is 4.89. The van der Waals surface area contributed by atoms with E-state index < -0.39 is 0 Å². The van der Waals surface area contributed by atoms with Gasteiger partial charge in [0.15, 0.2) is 0 Å². The number of anilines is 3. The van der Waals surface area contributed by atoms with Gasteiger partial charge in [0, 0.05) is 19.8 Å². The van der Waals surface area contributed by atoms with Gasteiger partial charge in [0.2, 0.25) is 11.9 Å². The molecular formula is C13H21N7O. The molecule has 0 bridgehead atoms. The molecule has 2 aromatic heterocycles. The third-order valence-corrected chi connectivity index (χ3v) is 2.45. The van der Waals surface area contributed by atoms with E-state index in [2.05, 4.69) is 37.6 Å². The Morgan fingerprint density at radius 2 is 2.00 bits per heavy atom. The van der Waals surface area contributed by atoms with Crippen LogP contribution >= 0.6 is 0 Å². The molecule has 2 N–H and O–H groups in total. The Bertz CT molecular complexity index is 582. The van der Waals surface area contributed by atoms with Crippen LogP contribution in [0.2, 0.25) is 0 Å². The molecule has 2 aromatic rings. The Morgan fingerprint density at radius 3 is 2.62 bits per heavy atom. The molecule has 114 valence electrons. The number of hydrogen-bond donors (Lipinski definition) is 2. The summed E-state index contributed by atoms with van der Waals surface area (Å²) in [5.74, 6) is 0.918. The smallest absolute Gasteiger partial charge is 0.323 e. The van der Waals surface area contributed by atoms with Crippen LogP contribution in [0.3, 0.4) is 0 Å². The third-order valence-electron chi connectivity index (χ3n) is 2.45. The number of hydrogen-bond acceptors (Lipinski definition) is 7. The molecule has 0 fully saturated rings. The molecule has 0 aliphatic heterocycles. The molecule has 2 heterocycles. The fourth-order valence-electron chi connectivity index (χ4n) is 1.61. The van der Waals surface area contributed by atoms with Crippen LogP contribution in [0.25, 0.3) is 0 Å². The molecule has 0 amide bonds. The zero-order valence-corrected chi connectivity index (χ0v) is 12.8. The van der Waals surface area contributed by atoms with E-state index in [-0.39, 0.29) is 6.10 Å². The van der Waals surface area contributed by atoms with Crippen LogP contribution in [0.1, 0.15) is 27.2 Å². The van der Waals surface area contributed by atoms with Crippen molar-refractivity contribution in [2.75, 3.05) is 17.2 Å². The lowest BCUT2D eigenvalue weighted by atomic mass is 10.5. The molecule has 0 aliphatic carbocycles. The summed E-state index contributed by atoms with van der Waals surface area (Å²) >= 11 is 0. The first-order valence-electron chi connectivity index (χ1n) is 6.99. The van der Waals surface area contributed by atoms with Crippen molar-refractivity contribution in [3.05, 3.63) is 12.4 Å². The Morgan fingerprint density at radius 1 is 1.24 bits per heavy atom. The van der Waals surface area contributed by atoms with E-state index in [0.717, 1.165) is 18.7 Å². The van der Waals surface area contributed by atoms with E-state index in [0.29, 0.717) is 17.9 Å². The molecule has 2 rings (SSSR count). The molecule has 8 heteroatoms. The van der Waals surface area contributed by atoms with Gasteiger partial charge in [0.05, 0.1) is 18.0 Å². The zero-order valence-electron chi connectivity index (χ0n) is 12.8. The van der Waals surface area contributed by atoms with Crippen molar-refractivity contribution < 1.29 is 4.74 Å². The second-order valence-corrected chi connectivity index (χ2v) is 4.89. The second kappa shape index (κ2) is 6.87. The molecule has 0 radical (unpaired) electrons. The predicted molar refractivity (Wildman–Crippen MR) is 80.9 cm³/mol. The van der Waals surface area contributed by atoms with Crippen molar-refractivity contribution >= 4 is 17.6 Å². The lowest BCUT2D eigenvalue weighted by Crippen LogP contribution is -2.13. The van der Waals surface area contributed by atoms with Crippen molar-refractivity contribution in [3.63, 3.8) is 0 Å². The molecule has 8 nitrogen and oxygen atoms in total. The van der Waals surface area contributed by atoms with Crippen LogP contribution in [-0.4, -0.2) is 37.4 Å². The van der Waals surface area contributed by atoms with E-state index in [1.807, 2.05) is 27.1 Å². The lowest BCUT2D eigenvalue weighted by molar-refractivity contribution is 0.222. The topological polar surface area (TPSA) is 89.8 Å². The first-order valence-corrected chi connectivity index (χ1v) is 6.99.